The molecule has 6 aromatic carbocycles. The largest absolute Gasteiger partial charge is 0.218 e. The van der Waals surface area contributed by atoms with E-state index in [1.807, 2.05) is 24.3 Å². The first-order chi connectivity index (χ1) is 24.8. The highest BCUT2D eigenvalue weighted by Crippen LogP contribution is 2.53. The zero-order valence-corrected chi connectivity index (χ0v) is 31.3. The quantitative estimate of drug-likeness (QED) is 0.181. The summed E-state index contributed by atoms with van der Waals surface area (Å²) in [5, 5.41) is 3.62. The molecule has 0 radical (unpaired) electrons. The van der Waals surface area contributed by atoms with E-state index >= 15 is 0 Å². The number of fused-ring (bicyclic) bond motifs is 9. The minimum absolute atomic E-state index is 0.338. The van der Waals surface area contributed by atoms with Crippen molar-refractivity contribution < 1.29 is 16.8 Å². The number of sulfone groups is 2. The van der Waals surface area contributed by atoms with Crippen molar-refractivity contribution in [1.29, 1.82) is 0 Å². The summed E-state index contributed by atoms with van der Waals surface area (Å²) < 4.78 is 58.0. The molecule has 0 bridgehead atoms. The monoisotopic (exact) mass is 714 g/mol. The van der Waals surface area contributed by atoms with Gasteiger partial charge in [-0.1, -0.05) is 71.8 Å². The third kappa shape index (κ3) is 3.86. The average Bonchev–Trinajstić information content (AvgIpc) is 3.73. The molecular weight excluding hydrogens is 681 g/mol. The lowest BCUT2D eigenvalue weighted by Crippen LogP contribution is -2.16. The first kappa shape index (κ1) is 31.4. The topological polar surface area (TPSA) is 68.3 Å². The van der Waals surface area contributed by atoms with Crippen LogP contribution in [0.25, 0.3) is 33.1 Å². The van der Waals surface area contributed by atoms with Gasteiger partial charge in [0.25, 0.3) is 0 Å². The Morgan fingerprint density at radius 1 is 0.385 bits per heavy atom. The van der Waals surface area contributed by atoms with Gasteiger partial charge >= 0.3 is 0 Å². The van der Waals surface area contributed by atoms with Gasteiger partial charge in [-0.25, -0.2) is 16.8 Å². The predicted molar refractivity (Wildman–Crippen MR) is 209 cm³/mol. The molecule has 52 heavy (non-hydrogen) atoms. The van der Waals surface area contributed by atoms with Crippen LogP contribution in [0.1, 0.15) is 66.8 Å². The first-order valence-electron chi connectivity index (χ1n) is 17.5. The highest BCUT2D eigenvalue weighted by atomic mass is 32.2. The summed E-state index contributed by atoms with van der Waals surface area (Å²) in [5.41, 5.74) is 14.4. The molecule has 10 rings (SSSR count). The van der Waals surface area contributed by atoms with Gasteiger partial charge < -0.3 is 0 Å². The highest BCUT2D eigenvalue weighted by Gasteiger charge is 2.45. The minimum Gasteiger partial charge on any atom is -0.218 e. The van der Waals surface area contributed by atoms with Gasteiger partial charge in [-0.3, -0.25) is 0 Å². The van der Waals surface area contributed by atoms with Crippen LogP contribution in [-0.4, -0.2) is 16.8 Å². The lowest BCUT2D eigenvalue weighted by molar-refractivity contribution is 0.602. The van der Waals surface area contributed by atoms with Crippen molar-refractivity contribution in [3.63, 3.8) is 0 Å². The summed E-state index contributed by atoms with van der Waals surface area (Å²) in [6, 6.07) is 31.6. The molecule has 4 aliphatic rings. The molecule has 2 aliphatic carbocycles. The standard InChI is InChI=1S/C46H34O4S2/c1-23-15-25(3)39(26(4)16-23)43-35-21-29-20-34-36(22-30(29)19-33(35)41-31-11-7-9-13-37(31)51(47,48)45(41)43)44(40-27(5)17-24(2)18-28(40)6)46-42(34)32-12-8-10-14-38(32)52(46,49)50/h7-22H,1-6H3. The average molecular weight is 715 g/mol. The normalized spacial score (nSPS) is 17.0. The smallest absolute Gasteiger partial charge is 0.208 e. The fourth-order valence-corrected chi connectivity index (χ4v) is 13.5. The summed E-state index contributed by atoms with van der Waals surface area (Å²) in [6.07, 6.45) is 0. The fourth-order valence-electron chi connectivity index (χ4n) is 9.67. The van der Waals surface area contributed by atoms with Crippen LogP contribution < -0.4 is 10.4 Å². The molecule has 2 heterocycles. The summed E-state index contributed by atoms with van der Waals surface area (Å²) in [4.78, 5) is 1.43. The molecule has 0 aromatic heterocycles. The lowest BCUT2D eigenvalue weighted by atomic mass is 9.91. The van der Waals surface area contributed by atoms with Crippen molar-refractivity contribution in [2.45, 2.75) is 51.3 Å². The molecule has 0 saturated heterocycles. The zero-order chi connectivity index (χ0) is 36.2. The van der Waals surface area contributed by atoms with Gasteiger partial charge in [0, 0.05) is 33.4 Å². The summed E-state index contributed by atoms with van der Waals surface area (Å²) >= 11 is 0. The third-order valence-electron chi connectivity index (χ3n) is 11.4. The molecule has 0 N–H and O–H groups in total. The molecule has 6 heteroatoms. The number of benzene rings is 6. The SMILES string of the molecule is Cc1cc(C)c(C2=c3cc4cc5c(cc4cc3C3=C2S(=O)(=O)c2ccccc23)=C(c2c(C)cc(C)cc2C)C2=C5c3ccccc3S2(=O)=O)c(C)c1. The van der Waals surface area contributed by atoms with Gasteiger partial charge in [-0.05, 0) is 144 Å². The second-order valence-electron chi connectivity index (χ2n) is 14.8. The van der Waals surface area contributed by atoms with E-state index in [1.165, 1.54) is 0 Å². The van der Waals surface area contributed by atoms with Crippen molar-refractivity contribution in [3.8, 4) is 0 Å². The second kappa shape index (κ2) is 10.2. The molecule has 254 valence electrons. The molecule has 0 fully saturated rings. The lowest BCUT2D eigenvalue weighted by Gasteiger charge is -2.16. The molecule has 0 saturated carbocycles. The Morgan fingerprint density at radius 2 is 0.731 bits per heavy atom. The van der Waals surface area contributed by atoms with E-state index in [1.54, 1.807) is 24.3 Å². The fraction of sp³-hybridized carbons (Fsp3) is 0.130. The molecule has 0 amide bonds. The number of hydrogen-bond donors (Lipinski definition) is 0. The molecule has 2 aliphatic heterocycles. The molecule has 0 unspecified atom stereocenters. The van der Waals surface area contributed by atoms with Crippen LogP contribution in [0.15, 0.2) is 117 Å². The Hall–Kier alpha value is -5.30. The maximum Gasteiger partial charge on any atom is 0.208 e. The number of allylic oxidation sites excluding steroid dienone is 2. The molecule has 0 atom stereocenters. The van der Waals surface area contributed by atoms with Gasteiger partial charge in [0.05, 0.1) is 19.6 Å². The van der Waals surface area contributed by atoms with Crippen molar-refractivity contribution in [1.82, 2.24) is 0 Å². The van der Waals surface area contributed by atoms with Gasteiger partial charge in [0.2, 0.25) is 19.7 Å². The summed E-state index contributed by atoms with van der Waals surface area (Å²) in [7, 11) is -7.63. The van der Waals surface area contributed by atoms with Crippen LogP contribution in [0.2, 0.25) is 0 Å². The highest BCUT2D eigenvalue weighted by molar-refractivity contribution is 7.97. The summed E-state index contributed by atoms with van der Waals surface area (Å²) in [5.74, 6) is 0. The van der Waals surface area contributed by atoms with Gasteiger partial charge in [0.15, 0.2) is 0 Å². The Labute approximate surface area is 303 Å². The Bertz CT molecular complexity index is 2930. The van der Waals surface area contributed by atoms with Gasteiger partial charge in [0.1, 0.15) is 0 Å². The second-order valence-corrected chi connectivity index (χ2v) is 18.6. The van der Waals surface area contributed by atoms with Crippen LogP contribution in [0.3, 0.4) is 0 Å². The van der Waals surface area contributed by atoms with Crippen molar-refractivity contribution in [2.75, 3.05) is 0 Å². The number of aryl methyl sites for hydroxylation is 6. The molecule has 6 aromatic rings. The van der Waals surface area contributed by atoms with Crippen LogP contribution in [0, 0.1) is 41.5 Å². The van der Waals surface area contributed by atoms with Crippen LogP contribution >= 0.6 is 0 Å². The molecule has 0 spiro atoms. The zero-order valence-electron chi connectivity index (χ0n) is 29.7. The molecular formula is C46H34O4S2. The predicted octanol–water partition coefficient (Wildman–Crippen LogP) is 8.21. The van der Waals surface area contributed by atoms with Crippen molar-refractivity contribution in [3.05, 3.63) is 184 Å². The van der Waals surface area contributed by atoms with Crippen molar-refractivity contribution >= 4 is 52.7 Å². The van der Waals surface area contributed by atoms with E-state index in [-0.39, 0.29) is 0 Å². The van der Waals surface area contributed by atoms with Gasteiger partial charge in [-0.15, -0.1) is 0 Å². The van der Waals surface area contributed by atoms with Crippen molar-refractivity contribution in [2.24, 2.45) is 0 Å². The third-order valence-corrected chi connectivity index (χ3v) is 15.1. The molecule has 4 nitrogen and oxygen atoms in total. The van der Waals surface area contributed by atoms with E-state index in [0.717, 1.165) is 110 Å². The Kier molecular flexibility index (Phi) is 6.16. The van der Waals surface area contributed by atoms with E-state index < -0.39 is 19.7 Å². The number of rotatable bonds is 2. The number of hydrogen-bond acceptors (Lipinski definition) is 4. The first-order valence-corrected chi connectivity index (χ1v) is 20.5. The van der Waals surface area contributed by atoms with E-state index in [4.69, 9.17) is 0 Å². The minimum atomic E-state index is -3.81. The van der Waals surface area contributed by atoms with Crippen LogP contribution in [-0.2, 0) is 19.7 Å². The van der Waals surface area contributed by atoms with E-state index in [0.29, 0.717) is 19.6 Å². The maximum absolute atomic E-state index is 14.5. The van der Waals surface area contributed by atoms with Gasteiger partial charge in [-0.2, -0.15) is 0 Å². The maximum atomic E-state index is 14.5. The summed E-state index contributed by atoms with van der Waals surface area (Å²) in [6.45, 7) is 12.4. The Morgan fingerprint density at radius 3 is 1.10 bits per heavy atom. The Balaban J connectivity index is 1.37. The van der Waals surface area contributed by atoms with E-state index in [9.17, 15) is 16.8 Å². The van der Waals surface area contributed by atoms with E-state index in [2.05, 4.69) is 90.1 Å². The van der Waals surface area contributed by atoms with Crippen LogP contribution in [0.4, 0.5) is 0 Å². The van der Waals surface area contributed by atoms with Crippen LogP contribution in [0.5, 0.6) is 0 Å².